The third kappa shape index (κ3) is 2.66. The van der Waals surface area contributed by atoms with Gasteiger partial charge in [-0.05, 0) is 43.0 Å². The summed E-state index contributed by atoms with van der Waals surface area (Å²) in [5.74, 6) is 0.511. The monoisotopic (exact) mass is 309 g/mol. The van der Waals surface area contributed by atoms with Crippen molar-refractivity contribution in [2.24, 2.45) is 5.92 Å². The van der Waals surface area contributed by atoms with E-state index in [1.54, 1.807) is 0 Å². The van der Waals surface area contributed by atoms with Gasteiger partial charge in [-0.25, -0.2) is 0 Å². The molecule has 0 spiro atoms. The smallest absolute Gasteiger partial charge is 0.231 e. The minimum Gasteiger partial charge on any atom is -0.312 e. The highest BCUT2D eigenvalue weighted by Gasteiger charge is 2.46. The molecule has 2 aromatic carbocycles. The number of carbonyl (C=O) groups is 1. The predicted octanol–water partition coefficient (Wildman–Crippen LogP) is 4.15. The van der Waals surface area contributed by atoms with E-state index in [1.165, 1.54) is 10.5 Å². The van der Waals surface area contributed by atoms with E-state index in [4.69, 9.17) is 0 Å². The van der Waals surface area contributed by atoms with Crippen LogP contribution in [0.2, 0.25) is 0 Å². The fourth-order valence-electron chi connectivity index (χ4n) is 3.20. The van der Waals surface area contributed by atoms with Crippen LogP contribution in [-0.4, -0.2) is 17.7 Å². The van der Waals surface area contributed by atoms with E-state index in [-0.39, 0.29) is 5.92 Å². The lowest BCUT2D eigenvalue weighted by atomic mass is 10.0. The van der Waals surface area contributed by atoms with Crippen molar-refractivity contribution < 1.29 is 4.79 Å². The minimum absolute atomic E-state index is 0.191. The summed E-state index contributed by atoms with van der Waals surface area (Å²) >= 11 is 1.84. The van der Waals surface area contributed by atoms with E-state index >= 15 is 0 Å². The Morgan fingerprint density at radius 2 is 1.82 bits per heavy atom. The molecule has 1 saturated carbocycles. The van der Waals surface area contributed by atoms with Crippen molar-refractivity contribution in [1.82, 2.24) is 0 Å². The average Bonchev–Trinajstić information content (AvgIpc) is 3.34. The van der Waals surface area contributed by atoms with Crippen LogP contribution in [0.15, 0.2) is 59.5 Å². The molecule has 1 aliphatic heterocycles. The standard InChI is InChI=1S/C19H19NOS/c21-19(16-13-18(16)22-15-9-2-1-3-10-15)20-12-6-8-14-7-4-5-11-17(14)20/h1-5,7,9-11,16,18H,6,8,12-13H2/t16-,18+/m1/s1. The van der Waals surface area contributed by atoms with Crippen LogP contribution in [0.1, 0.15) is 18.4 Å². The zero-order chi connectivity index (χ0) is 14.9. The maximum absolute atomic E-state index is 12.8. The van der Waals surface area contributed by atoms with E-state index in [0.717, 1.165) is 31.5 Å². The number of benzene rings is 2. The molecule has 2 nitrogen and oxygen atoms in total. The Kier molecular flexibility index (Phi) is 3.67. The lowest BCUT2D eigenvalue weighted by Gasteiger charge is -2.29. The van der Waals surface area contributed by atoms with Crippen LogP contribution < -0.4 is 4.90 Å². The number of nitrogens with zero attached hydrogens (tertiary/aromatic N) is 1. The second kappa shape index (κ2) is 5.81. The SMILES string of the molecule is O=C([C@@H]1C[C@@H]1Sc1ccccc1)N1CCCc2ccccc21. The van der Waals surface area contributed by atoms with Crippen LogP contribution in [0.5, 0.6) is 0 Å². The molecule has 0 radical (unpaired) electrons. The number of carbonyl (C=O) groups excluding carboxylic acids is 1. The number of para-hydroxylation sites is 1. The van der Waals surface area contributed by atoms with Gasteiger partial charge in [-0.15, -0.1) is 11.8 Å². The largest absolute Gasteiger partial charge is 0.312 e. The van der Waals surface area contributed by atoms with Gasteiger partial charge in [-0.2, -0.15) is 0 Å². The summed E-state index contributed by atoms with van der Waals surface area (Å²) in [5, 5.41) is 0.448. The molecular weight excluding hydrogens is 290 g/mol. The topological polar surface area (TPSA) is 20.3 Å². The highest BCUT2D eigenvalue weighted by molar-refractivity contribution is 8.00. The van der Waals surface area contributed by atoms with Crippen molar-refractivity contribution in [3.8, 4) is 0 Å². The third-order valence-corrected chi connectivity index (χ3v) is 5.82. The Hall–Kier alpha value is -1.74. The number of hydrogen-bond acceptors (Lipinski definition) is 2. The summed E-state index contributed by atoms with van der Waals surface area (Å²) < 4.78 is 0. The number of thioether (sulfide) groups is 1. The first-order valence-electron chi connectivity index (χ1n) is 7.94. The molecule has 4 rings (SSSR count). The lowest BCUT2D eigenvalue weighted by Crippen LogP contribution is -2.37. The molecule has 0 bridgehead atoms. The highest BCUT2D eigenvalue weighted by atomic mass is 32.2. The van der Waals surface area contributed by atoms with Crippen molar-refractivity contribution in [2.75, 3.05) is 11.4 Å². The first-order chi connectivity index (χ1) is 10.8. The van der Waals surface area contributed by atoms with Crippen molar-refractivity contribution in [2.45, 2.75) is 29.4 Å². The maximum atomic E-state index is 12.8. The van der Waals surface area contributed by atoms with Gasteiger partial charge in [0, 0.05) is 22.4 Å². The van der Waals surface area contributed by atoms with Gasteiger partial charge >= 0.3 is 0 Å². The van der Waals surface area contributed by atoms with E-state index in [2.05, 4.69) is 42.5 Å². The Morgan fingerprint density at radius 1 is 1.05 bits per heavy atom. The van der Waals surface area contributed by atoms with Gasteiger partial charge in [-0.1, -0.05) is 36.4 Å². The van der Waals surface area contributed by atoms with Gasteiger partial charge in [0.1, 0.15) is 0 Å². The molecule has 2 aliphatic rings. The second-order valence-electron chi connectivity index (χ2n) is 6.03. The predicted molar refractivity (Wildman–Crippen MR) is 91.3 cm³/mol. The molecule has 1 heterocycles. The molecule has 1 fully saturated rings. The summed E-state index contributed by atoms with van der Waals surface area (Å²) in [4.78, 5) is 16.1. The number of anilines is 1. The van der Waals surface area contributed by atoms with E-state index in [0.29, 0.717) is 11.2 Å². The summed E-state index contributed by atoms with van der Waals surface area (Å²) in [6, 6.07) is 18.7. The summed E-state index contributed by atoms with van der Waals surface area (Å²) in [6.45, 7) is 0.870. The van der Waals surface area contributed by atoms with Gasteiger partial charge in [0.25, 0.3) is 0 Å². The molecule has 0 aromatic heterocycles. The Bertz CT molecular complexity index is 685. The average molecular weight is 309 g/mol. The van der Waals surface area contributed by atoms with Crippen LogP contribution in [-0.2, 0) is 11.2 Å². The molecule has 0 N–H and O–H groups in total. The molecule has 112 valence electrons. The first kappa shape index (κ1) is 13.9. The van der Waals surface area contributed by atoms with Gasteiger partial charge in [0.2, 0.25) is 5.91 Å². The number of hydrogen-bond donors (Lipinski definition) is 0. The third-order valence-electron chi connectivity index (χ3n) is 4.46. The number of rotatable bonds is 3. The maximum Gasteiger partial charge on any atom is 0.231 e. The highest BCUT2D eigenvalue weighted by Crippen LogP contribution is 2.47. The van der Waals surface area contributed by atoms with Crippen LogP contribution in [0, 0.1) is 5.92 Å². The van der Waals surface area contributed by atoms with Crippen molar-refractivity contribution in [1.29, 1.82) is 0 Å². The number of amides is 1. The molecule has 1 aliphatic carbocycles. The quantitative estimate of drug-likeness (QED) is 0.849. The minimum atomic E-state index is 0.191. The fraction of sp³-hybridized carbons (Fsp3) is 0.316. The second-order valence-corrected chi connectivity index (χ2v) is 7.35. The van der Waals surface area contributed by atoms with Gasteiger partial charge in [-0.3, -0.25) is 4.79 Å². The zero-order valence-electron chi connectivity index (χ0n) is 12.4. The van der Waals surface area contributed by atoms with Crippen molar-refractivity contribution in [3.63, 3.8) is 0 Å². The van der Waals surface area contributed by atoms with Crippen LogP contribution in [0.25, 0.3) is 0 Å². The molecule has 2 atom stereocenters. The Labute approximate surface area is 135 Å². The normalized spacial score (nSPS) is 23.0. The summed E-state index contributed by atoms with van der Waals surface area (Å²) in [7, 11) is 0. The summed E-state index contributed by atoms with van der Waals surface area (Å²) in [6.07, 6.45) is 3.18. The van der Waals surface area contributed by atoms with Crippen LogP contribution in [0.3, 0.4) is 0 Å². The molecular formula is C19H19NOS. The van der Waals surface area contributed by atoms with E-state index in [1.807, 2.05) is 28.8 Å². The molecule has 3 heteroatoms. The Morgan fingerprint density at radius 3 is 2.68 bits per heavy atom. The molecule has 2 aromatic rings. The molecule has 0 saturated heterocycles. The van der Waals surface area contributed by atoms with Gasteiger partial charge < -0.3 is 4.90 Å². The lowest BCUT2D eigenvalue weighted by molar-refractivity contribution is -0.119. The number of fused-ring (bicyclic) bond motifs is 1. The van der Waals surface area contributed by atoms with Gasteiger partial charge in [0.05, 0.1) is 5.92 Å². The first-order valence-corrected chi connectivity index (χ1v) is 8.82. The molecule has 0 unspecified atom stereocenters. The zero-order valence-corrected chi connectivity index (χ0v) is 13.3. The fourth-order valence-corrected chi connectivity index (χ4v) is 4.45. The van der Waals surface area contributed by atoms with Crippen LogP contribution in [0.4, 0.5) is 5.69 Å². The number of aryl methyl sites for hydroxylation is 1. The van der Waals surface area contributed by atoms with Crippen LogP contribution >= 0.6 is 11.8 Å². The van der Waals surface area contributed by atoms with Crippen molar-refractivity contribution >= 4 is 23.4 Å². The van der Waals surface area contributed by atoms with Gasteiger partial charge in [0.15, 0.2) is 0 Å². The molecule has 22 heavy (non-hydrogen) atoms. The van der Waals surface area contributed by atoms with E-state index < -0.39 is 0 Å². The molecule has 1 amide bonds. The Balaban J connectivity index is 1.46. The van der Waals surface area contributed by atoms with E-state index in [9.17, 15) is 4.79 Å². The van der Waals surface area contributed by atoms with Crippen molar-refractivity contribution in [3.05, 3.63) is 60.2 Å². The summed E-state index contributed by atoms with van der Waals surface area (Å²) in [5.41, 5.74) is 2.45.